The Labute approximate surface area is 152 Å². The molecule has 4 rings (SSSR count). The summed E-state index contributed by atoms with van der Waals surface area (Å²) in [5.74, 6) is 2.26. The minimum absolute atomic E-state index is 0.387. The van der Waals surface area contributed by atoms with Gasteiger partial charge in [0.25, 0.3) is 5.89 Å². The smallest absolute Gasteiger partial charge is 0.268 e. The maximum Gasteiger partial charge on any atom is 0.268 e. The zero-order valence-corrected chi connectivity index (χ0v) is 14.9. The van der Waals surface area contributed by atoms with Gasteiger partial charge in [0.2, 0.25) is 5.89 Å². The number of nitrogens with zero attached hydrogens (tertiary/aromatic N) is 5. The van der Waals surface area contributed by atoms with Gasteiger partial charge < -0.3 is 14.1 Å². The van der Waals surface area contributed by atoms with Crippen LogP contribution in [0.2, 0.25) is 0 Å². The molecule has 0 atom stereocenters. The number of anilines is 1. The highest BCUT2D eigenvalue weighted by Gasteiger charge is 2.29. The van der Waals surface area contributed by atoms with E-state index >= 15 is 0 Å². The number of hydrogen-bond acceptors (Lipinski definition) is 7. The second-order valence-electron chi connectivity index (χ2n) is 6.58. The van der Waals surface area contributed by atoms with Crippen molar-refractivity contribution in [2.75, 3.05) is 25.6 Å². The van der Waals surface area contributed by atoms with Crippen molar-refractivity contribution in [2.24, 2.45) is 0 Å². The Hall–Kier alpha value is -2.96. The molecule has 2 aromatic heterocycles. The van der Waals surface area contributed by atoms with Crippen LogP contribution in [0.15, 0.2) is 40.8 Å². The molecule has 1 fully saturated rings. The predicted octanol–water partition coefficient (Wildman–Crippen LogP) is 3.09. The van der Waals surface area contributed by atoms with E-state index in [9.17, 15) is 0 Å². The molecule has 0 spiro atoms. The topological polar surface area (TPSA) is 77.2 Å². The van der Waals surface area contributed by atoms with E-state index in [-0.39, 0.29) is 0 Å². The third-order valence-corrected chi connectivity index (χ3v) is 4.26. The number of rotatable bonds is 7. The molecule has 1 saturated carbocycles. The first-order valence-corrected chi connectivity index (χ1v) is 8.76. The van der Waals surface area contributed by atoms with Gasteiger partial charge in [-0.2, -0.15) is 5.10 Å². The van der Waals surface area contributed by atoms with Gasteiger partial charge in [-0.05, 0) is 31.0 Å². The van der Waals surface area contributed by atoms with E-state index in [1.807, 2.05) is 50.5 Å². The normalized spacial score (nSPS) is 13.6. The van der Waals surface area contributed by atoms with Crippen LogP contribution in [0.25, 0.3) is 11.6 Å². The zero-order valence-electron chi connectivity index (χ0n) is 14.9. The molecular weight excluding hydrogens is 330 g/mol. The Balaban J connectivity index is 1.45. The first-order valence-electron chi connectivity index (χ1n) is 8.76. The molecule has 2 heterocycles. The quantitative estimate of drug-likeness (QED) is 0.647. The Bertz CT molecular complexity index is 875. The van der Waals surface area contributed by atoms with Crippen molar-refractivity contribution in [3.63, 3.8) is 0 Å². The van der Waals surface area contributed by atoms with Crippen LogP contribution in [-0.4, -0.2) is 41.1 Å². The largest absolute Gasteiger partial charge is 0.493 e. The van der Waals surface area contributed by atoms with E-state index in [0.717, 1.165) is 17.1 Å². The molecular formula is C19H21N5O2. The number of para-hydroxylation sites is 1. The maximum absolute atomic E-state index is 5.74. The lowest BCUT2D eigenvalue weighted by molar-refractivity contribution is 0.307. The van der Waals surface area contributed by atoms with Crippen molar-refractivity contribution in [3.8, 4) is 17.3 Å². The second kappa shape index (κ2) is 7.11. The van der Waals surface area contributed by atoms with Crippen molar-refractivity contribution in [2.45, 2.75) is 25.2 Å². The Kier molecular flexibility index (Phi) is 4.51. The molecule has 0 bridgehead atoms. The molecule has 7 nitrogen and oxygen atoms in total. The van der Waals surface area contributed by atoms with Gasteiger partial charge in [0, 0.05) is 20.0 Å². The molecule has 26 heavy (non-hydrogen) atoms. The summed E-state index contributed by atoms with van der Waals surface area (Å²) in [7, 11) is 4.01. The van der Waals surface area contributed by atoms with Crippen LogP contribution in [0.3, 0.4) is 0 Å². The Morgan fingerprint density at radius 2 is 1.88 bits per heavy atom. The van der Waals surface area contributed by atoms with Crippen LogP contribution in [-0.2, 0) is 6.42 Å². The maximum atomic E-state index is 5.74. The molecule has 1 aromatic carbocycles. The molecule has 0 amide bonds. The van der Waals surface area contributed by atoms with Crippen molar-refractivity contribution in [1.82, 2.24) is 20.4 Å². The first kappa shape index (κ1) is 16.5. The summed E-state index contributed by atoms with van der Waals surface area (Å²) >= 11 is 0. The van der Waals surface area contributed by atoms with Gasteiger partial charge in [0.05, 0.1) is 24.4 Å². The third-order valence-electron chi connectivity index (χ3n) is 4.26. The van der Waals surface area contributed by atoms with Gasteiger partial charge >= 0.3 is 0 Å². The van der Waals surface area contributed by atoms with Gasteiger partial charge in [-0.15, -0.1) is 15.3 Å². The van der Waals surface area contributed by atoms with Crippen molar-refractivity contribution in [3.05, 3.63) is 48.0 Å². The minimum atomic E-state index is 0.387. The minimum Gasteiger partial charge on any atom is -0.493 e. The standard InChI is InChI=1S/C19H21N5O2/c1-24(2)16-12-15(20-22-18(16)13-8-9-13)19-23-21-17(26-19)10-11-25-14-6-4-3-5-7-14/h3-7,12-13H,8-11H2,1-2H3. The summed E-state index contributed by atoms with van der Waals surface area (Å²) < 4.78 is 11.4. The van der Waals surface area contributed by atoms with Crippen molar-refractivity contribution < 1.29 is 9.15 Å². The molecule has 7 heteroatoms. The first-order chi connectivity index (χ1) is 12.7. The van der Waals surface area contributed by atoms with E-state index in [4.69, 9.17) is 9.15 Å². The van der Waals surface area contributed by atoms with E-state index in [0.29, 0.717) is 36.4 Å². The molecule has 1 aliphatic carbocycles. The van der Waals surface area contributed by atoms with Gasteiger partial charge in [-0.1, -0.05) is 18.2 Å². The van der Waals surface area contributed by atoms with Crippen LogP contribution in [0.1, 0.15) is 30.3 Å². The predicted molar refractivity (Wildman–Crippen MR) is 97.3 cm³/mol. The van der Waals surface area contributed by atoms with Crippen LogP contribution < -0.4 is 9.64 Å². The van der Waals surface area contributed by atoms with Gasteiger partial charge in [-0.3, -0.25) is 0 Å². The van der Waals surface area contributed by atoms with E-state index in [1.165, 1.54) is 12.8 Å². The lowest BCUT2D eigenvalue weighted by Gasteiger charge is -2.16. The fraction of sp³-hybridized carbons (Fsp3) is 0.368. The average Bonchev–Trinajstić information content (AvgIpc) is 3.40. The molecule has 0 saturated heterocycles. The fourth-order valence-electron chi connectivity index (χ4n) is 2.73. The fourth-order valence-corrected chi connectivity index (χ4v) is 2.73. The van der Waals surface area contributed by atoms with Gasteiger partial charge in [0.1, 0.15) is 5.75 Å². The number of aromatic nitrogens is 4. The monoisotopic (exact) mass is 351 g/mol. The molecule has 0 unspecified atom stereocenters. The van der Waals surface area contributed by atoms with E-state index in [2.05, 4.69) is 25.3 Å². The van der Waals surface area contributed by atoms with E-state index in [1.54, 1.807) is 0 Å². The van der Waals surface area contributed by atoms with Gasteiger partial charge in [0.15, 0.2) is 5.69 Å². The van der Waals surface area contributed by atoms with E-state index < -0.39 is 0 Å². The lowest BCUT2D eigenvalue weighted by atomic mass is 10.2. The molecule has 0 aliphatic heterocycles. The highest BCUT2D eigenvalue weighted by atomic mass is 16.5. The Morgan fingerprint density at radius 3 is 2.62 bits per heavy atom. The van der Waals surface area contributed by atoms with Crippen LogP contribution in [0, 0.1) is 0 Å². The van der Waals surface area contributed by atoms with Crippen LogP contribution in [0.4, 0.5) is 5.69 Å². The molecule has 0 N–H and O–H groups in total. The highest BCUT2D eigenvalue weighted by molar-refractivity contribution is 5.60. The highest BCUT2D eigenvalue weighted by Crippen LogP contribution is 2.43. The number of hydrogen-bond donors (Lipinski definition) is 0. The second-order valence-corrected chi connectivity index (χ2v) is 6.58. The van der Waals surface area contributed by atoms with Crippen LogP contribution in [0.5, 0.6) is 5.75 Å². The third kappa shape index (κ3) is 3.66. The molecule has 0 radical (unpaired) electrons. The summed E-state index contributed by atoms with van der Waals surface area (Å²) in [5, 5.41) is 16.9. The summed E-state index contributed by atoms with van der Waals surface area (Å²) in [6, 6.07) is 11.6. The van der Waals surface area contributed by atoms with Gasteiger partial charge in [-0.25, -0.2) is 0 Å². The number of ether oxygens (including phenoxy) is 1. The molecule has 3 aromatic rings. The SMILES string of the molecule is CN(C)c1cc(-c2nnc(CCOc3ccccc3)o2)nnc1C1CC1. The van der Waals surface area contributed by atoms with Crippen molar-refractivity contribution in [1.29, 1.82) is 0 Å². The summed E-state index contributed by atoms with van der Waals surface area (Å²) in [4.78, 5) is 2.05. The lowest BCUT2D eigenvalue weighted by Crippen LogP contribution is -2.13. The zero-order chi connectivity index (χ0) is 17.9. The van der Waals surface area contributed by atoms with Crippen LogP contribution >= 0.6 is 0 Å². The average molecular weight is 351 g/mol. The summed E-state index contributed by atoms with van der Waals surface area (Å²) in [6.07, 6.45) is 2.90. The Morgan fingerprint density at radius 1 is 1.08 bits per heavy atom. The van der Waals surface area contributed by atoms with Crippen molar-refractivity contribution >= 4 is 5.69 Å². The molecule has 1 aliphatic rings. The number of benzene rings is 1. The summed E-state index contributed by atoms with van der Waals surface area (Å²) in [6.45, 7) is 0.473. The summed E-state index contributed by atoms with van der Waals surface area (Å²) in [5.41, 5.74) is 2.71. The molecule has 134 valence electrons.